The summed E-state index contributed by atoms with van der Waals surface area (Å²) < 4.78 is 1.78. The quantitative estimate of drug-likeness (QED) is 0.814. The van der Waals surface area contributed by atoms with Crippen LogP contribution < -0.4 is 0 Å². The Labute approximate surface area is 158 Å². The minimum absolute atomic E-state index is 0.0518. The van der Waals surface area contributed by atoms with Crippen LogP contribution in [0.2, 0.25) is 10.0 Å². The number of benzene rings is 1. The van der Waals surface area contributed by atoms with Gasteiger partial charge >= 0.3 is 0 Å². The van der Waals surface area contributed by atoms with Gasteiger partial charge in [-0.25, -0.2) is 4.68 Å². The lowest BCUT2D eigenvalue weighted by molar-refractivity contribution is 0.0663. The van der Waals surface area contributed by atoms with Gasteiger partial charge in [0, 0.05) is 36.2 Å². The van der Waals surface area contributed by atoms with Crippen molar-refractivity contribution in [2.45, 2.75) is 19.8 Å². The summed E-state index contributed by atoms with van der Waals surface area (Å²) in [6, 6.07) is 5.30. The van der Waals surface area contributed by atoms with Gasteiger partial charge in [0.15, 0.2) is 0 Å². The molecule has 0 spiro atoms. The molecule has 0 bridgehead atoms. The molecule has 7 heteroatoms. The van der Waals surface area contributed by atoms with Crippen LogP contribution in [0.25, 0.3) is 5.69 Å². The molecular formula is C18H22Cl2N4O. The minimum Gasteiger partial charge on any atom is -0.336 e. The lowest BCUT2D eigenvalue weighted by Crippen LogP contribution is -2.47. The number of hydrogen-bond donors (Lipinski definition) is 0. The van der Waals surface area contributed by atoms with Crippen molar-refractivity contribution in [3.05, 3.63) is 45.7 Å². The first kappa shape index (κ1) is 18.2. The Hall–Kier alpha value is -1.56. The van der Waals surface area contributed by atoms with Crippen LogP contribution in [0, 0.1) is 0 Å². The third-order valence-electron chi connectivity index (χ3n) is 4.47. The van der Waals surface area contributed by atoms with Crippen LogP contribution in [-0.2, 0) is 6.42 Å². The zero-order valence-corrected chi connectivity index (χ0v) is 16.0. The average Bonchev–Trinajstić information content (AvgIpc) is 2.98. The lowest BCUT2D eigenvalue weighted by Gasteiger charge is -2.32. The fourth-order valence-corrected chi connectivity index (χ4v) is 3.61. The highest BCUT2D eigenvalue weighted by atomic mass is 35.5. The number of amides is 1. The molecule has 3 rings (SSSR count). The molecule has 0 radical (unpaired) electrons. The van der Waals surface area contributed by atoms with Crippen LogP contribution >= 0.6 is 23.2 Å². The molecule has 1 saturated heterocycles. The normalized spacial score (nSPS) is 15.6. The summed E-state index contributed by atoms with van der Waals surface area (Å²) >= 11 is 12.3. The van der Waals surface area contributed by atoms with Crippen LogP contribution in [0.3, 0.4) is 0 Å². The van der Waals surface area contributed by atoms with Crippen molar-refractivity contribution in [2.75, 3.05) is 33.2 Å². The molecule has 1 amide bonds. The smallest absolute Gasteiger partial charge is 0.257 e. The number of carbonyl (C=O) groups is 1. The van der Waals surface area contributed by atoms with Crippen molar-refractivity contribution >= 4 is 29.1 Å². The number of piperazine rings is 1. The molecule has 1 fully saturated rings. The first-order chi connectivity index (χ1) is 12.0. The van der Waals surface area contributed by atoms with Crippen molar-refractivity contribution < 1.29 is 4.79 Å². The summed E-state index contributed by atoms with van der Waals surface area (Å²) in [6.07, 6.45) is 3.35. The number of carbonyl (C=O) groups excluding carboxylic acids is 1. The second kappa shape index (κ2) is 7.77. The second-order valence-electron chi connectivity index (χ2n) is 6.39. The summed E-state index contributed by atoms with van der Waals surface area (Å²) in [5, 5.41) is 5.56. The fraction of sp³-hybridized carbons (Fsp3) is 0.444. The molecule has 2 aromatic rings. The van der Waals surface area contributed by atoms with Gasteiger partial charge in [-0.3, -0.25) is 4.79 Å². The highest BCUT2D eigenvalue weighted by Crippen LogP contribution is 2.25. The maximum Gasteiger partial charge on any atom is 0.257 e. The van der Waals surface area contributed by atoms with E-state index in [0.29, 0.717) is 15.6 Å². The number of nitrogens with zero attached hydrogens (tertiary/aromatic N) is 4. The zero-order chi connectivity index (χ0) is 18.0. The van der Waals surface area contributed by atoms with Gasteiger partial charge < -0.3 is 9.80 Å². The first-order valence-electron chi connectivity index (χ1n) is 8.50. The van der Waals surface area contributed by atoms with Crippen molar-refractivity contribution in [1.82, 2.24) is 19.6 Å². The van der Waals surface area contributed by atoms with E-state index in [0.717, 1.165) is 50.4 Å². The zero-order valence-electron chi connectivity index (χ0n) is 14.5. The maximum absolute atomic E-state index is 13.0. The Morgan fingerprint density at radius 3 is 2.36 bits per heavy atom. The van der Waals surface area contributed by atoms with E-state index in [1.54, 1.807) is 16.9 Å². The maximum atomic E-state index is 13.0. The molecule has 25 heavy (non-hydrogen) atoms. The highest BCUT2D eigenvalue weighted by molar-refractivity contribution is 6.34. The summed E-state index contributed by atoms with van der Waals surface area (Å²) in [4.78, 5) is 17.1. The van der Waals surface area contributed by atoms with Crippen molar-refractivity contribution in [2.24, 2.45) is 0 Å². The van der Waals surface area contributed by atoms with E-state index in [1.165, 1.54) is 0 Å². The standard InChI is InChI=1S/C18H22Cl2N4O/c1-3-4-17-16(18(25)23-7-5-22(2)6-8-23)12-21-24(17)15-10-13(19)9-14(20)11-15/h9-12H,3-8H2,1-2H3. The number of halogens is 2. The number of aromatic nitrogens is 2. The van der Waals surface area contributed by atoms with Gasteiger partial charge in [0.05, 0.1) is 23.1 Å². The Morgan fingerprint density at radius 2 is 1.76 bits per heavy atom. The predicted octanol–water partition coefficient (Wildman–Crippen LogP) is 3.52. The molecule has 0 N–H and O–H groups in total. The van der Waals surface area contributed by atoms with Crippen LogP contribution in [0.15, 0.2) is 24.4 Å². The van der Waals surface area contributed by atoms with Crippen molar-refractivity contribution in [3.8, 4) is 5.69 Å². The van der Waals surface area contributed by atoms with Gasteiger partial charge in [0.1, 0.15) is 0 Å². The molecule has 134 valence electrons. The molecule has 1 aliphatic heterocycles. The SMILES string of the molecule is CCCc1c(C(=O)N2CCN(C)CC2)cnn1-c1cc(Cl)cc(Cl)c1. The van der Waals surface area contributed by atoms with E-state index < -0.39 is 0 Å². The van der Waals surface area contributed by atoms with E-state index in [2.05, 4.69) is 24.0 Å². The molecule has 1 aromatic heterocycles. The molecule has 1 aromatic carbocycles. The number of likely N-dealkylation sites (N-methyl/N-ethyl adjacent to an activating group) is 1. The highest BCUT2D eigenvalue weighted by Gasteiger charge is 2.25. The van der Waals surface area contributed by atoms with E-state index in [9.17, 15) is 4.79 Å². The van der Waals surface area contributed by atoms with Crippen LogP contribution in [0.4, 0.5) is 0 Å². The van der Waals surface area contributed by atoms with Gasteiger partial charge in [-0.1, -0.05) is 36.5 Å². The van der Waals surface area contributed by atoms with E-state index >= 15 is 0 Å². The lowest BCUT2D eigenvalue weighted by atomic mass is 10.1. The van der Waals surface area contributed by atoms with E-state index in [4.69, 9.17) is 23.2 Å². The van der Waals surface area contributed by atoms with Gasteiger partial charge in [-0.05, 0) is 31.7 Å². The van der Waals surface area contributed by atoms with Crippen LogP contribution in [0.5, 0.6) is 0 Å². The fourth-order valence-electron chi connectivity index (χ4n) is 3.09. The van der Waals surface area contributed by atoms with Gasteiger partial charge in [0.25, 0.3) is 5.91 Å². The van der Waals surface area contributed by atoms with Gasteiger partial charge in [-0.2, -0.15) is 5.10 Å². The largest absolute Gasteiger partial charge is 0.336 e. The Morgan fingerprint density at radius 1 is 1.12 bits per heavy atom. The van der Waals surface area contributed by atoms with Crippen LogP contribution in [-0.4, -0.2) is 58.7 Å². The molecular weight excluding hydrogens is 359 g/mol. The predicted molar refractivity (Wildman–Crippen MR) is 101 cm³/mol. The molecule has 2 heterocycles. The first-order valence-corrected chi connectivity index (χ1v) is 9.26. The minimum atomic E-state index is 0.0518. The monoisotopic (exact) mass is 380 g/mol. The summed E-state index contributed by atoms with van der Waals surface area (Å²) in [5.41, 5.74) is 2.35. The molecule has 0 saturated carbocycles. The number of hydrogen-bond acceptors (Lipinski definition) is 3. The van der Waals surface area contributed by atoms with Gasteiger partial charge in [-0.15, -0.1) is 0 Å². The van der Waals surface area contributed by atoms with Crippen LogP contribution in [0.1, 0.15) is 29.4 Å². The topological polar surface area (TPSA) is 41.4 Å². The number of rotatable bonds is 4. The molecule has 0 aliphatic carbocycles. The summed E-state index contributed by atoms with van der Waals surface area (Å²) in [6.45, 7) is 5.37. The van der Waals surface area contributed by atoms with Crippen molar-refractivity contribution in [3.63, 3.8) is 0 Å². The van der Waals surface area contributed by atoms with Gasteiger partial charge in [0.2, 0.25) is 0 Å². The third kappa shape index (κ3) is 4.00. The Bertz CT molecular complexity index is 746. The van der Waals surface area contributed by atoms with E-state index in [-0.39, 0.29) is 5.91 Å². The third-order valence-corrected chi connectivity index (χ3v) is 4.90. The second-order valence-corrected chi connectivity index (χ2v) is 7.26. The summed E-state index contributed by atoms with van der Waals surface area (Å²) in [5.74, 6) is 0.0518. The average molecular weight is 381 g/mol. The van der Waals surface area contributed by atoms with Crippen molar-refractivity contribution in [1.29, 1.82) is 0 Å². The molecule has 1 aliphatic rings. The Kier molecular flexibility index (Phi) is 5.67. The summed E-state index contributed by atoms with van der Waals surface area (Å²) in [7, 11) is 2.07. The molecule has 0 atom stereocenters. The van der Waals surface area contributed by atoms with E-state index in [1.807, 2.05) is 17.0 Å². The Balaban J connectivity index is 1.95. The molecule has 5 nitrogen and oxygen atoms in total. The molecule has 0 unspecified atom stereocenters.